The fourth-order valence-electron chi connectivity index (χ4n) is 2.11. The Morgan fingerprint density at radius 2 is 2.25 bits per heavy atom. The van der Waals surface area contributed by atoms with Crippen LogP contribution in [0.4, 0.5) is 0 Å². The summed E-state index contributed by atoms with van der Waals surface area (Å²) in [6, 6.07) is 6.42. The van der Waals surface area contributed by atoms with E-state index >= 15 is 0 Å². The maximum atomic E-state index is 6.22. The minimum absolute atomic E-state index is 0.0660. The Labute approximate surface area is 103 Å². The van der Waals surface area contributed by atoms with Gasteiger partial charge in [-0.3, -0.25) is 4.68 Å². The van der Waals surface area contributed by atoms with Gasteiger partial charge in [-0.25, -0.2) is 0 Å². The second-order valence-corrected chi connectivity index (χ2v) is 5.25. The highest BCUT2D eigenvalue weighted by Gasteiger charge is 2.40. The van der Waals surface area contributed by atoms with Crippen molar-refractivity contribution in [2.45, 2.75) is 31.8 Å². The number of nitrogens with two attached hydrogens (primary N) is 1. The Kier molecular flexibility index (Phi) is 2.13. The highest BCUT2D eigenvalue weighted by atomic mass is 79.9. The van der Waals surface area contributed by atoms with E-state index in [0.717, 1.165) is 29.4 Å². The third-order valence-corrected chi connectivity index (χ3v) is 3.96. The van der Waals surface area contributed by atoms with Gasteiger partial charge in [0.15, 0.2) is 0 Å². The Bertz CT molecular complexity index is 555. The van der Waals surface area contributed by atoms with Crippen LogP contribution < -0.4 is 5.73 Å². The van der Waals surface area contributed by atoms with Crippen LogP contribution in [0.1, 0.15) is 25.3 Å². The van der Waals surface area contributed by atoms with E-state index in [1.807, 2.05) is 4.68 Å². The molecule has 3 rings (SSSR count). The lowest BCUT2D eigenvalue weighted by Crippen LogP contribution is -2.18. The SMILES string of the molecule is CCn1nc(Br)c2ccc(C3(N)CC3)cc21. The standard InChI is InChI=1S/C12H14BrN3/c1-2-16-10-7-8(12(14)5-6-12)3-4-9(10)11(13)15-16/h3-4,7H,2,5-6,14H2,1H3. The highest BCUT2D eigenvalue weighted by Crippen LogP contribution is 2.43. The van der Waals surface area contributed by atoms with Gasteiger partial charge in [0, 0.05) is 17.5 Å². The van der Waals surface area contributed by atoms with Crippen molar-refractivity contribution in [1.82, 2.24) is 9.78 Å². The molecule has 1 aliphatic rings. The number of benzene rings is 1. The summed E-state index contributed by atoms with van der Waals surface area (Å²) < 4.78 is 2.92. The van der Waals surface area contributed by atoms with Gasteiger partial charge in [-0.2, -0.15) is 5.10 Å². The van der Waals surface area contributed by atoms with E-state index in [0.29, 0.717) is 0 Å². The maximum absolute atomic E-state index is 6.22. The summed E-state index contributed by atoms with van der Waals surface area (Å²) in [6.45, 7) is 2.98. The summed E-state index contributed by atoms with van der Waals surface area (Å²) in [5.41, 5.74) is 8.56. The van der Waals surface area contributed by atoms with Crippen molar-refractivity contribution in [1.29, 1.82) is 0 Å². The number of aromatic nitrogens is 2. The van der Waals surface area contributed by atoms with E-state index < -0.39 is 0 Å². The zero-order chi connectivity index (χ0) is 11.3. The molecule has 0 amide bonds. The first-order chi connectivity index (χ1) is 7.64. The molecular weight excluding hydrogens is 266 g/mol. The molecule has 0 atom stereocenters. The Hall–Kier alpha value is -0.870. The number of hydrogen-bond acceptors (Lipinski definition) is 2. The third kappa shape index (κ3) is 1.40. The predicted octanol–water partition coefficient (Wildman–Crippen LogP) is 2.77. The minimum atomic E-state index is -0.0660. The molecule has 0 aliphatic heterocycles. The molecule has 2 aromatic rings. The molecule has 1 fully saturated rings. The van der Waals surface area contributed by atoms with Crippen molar-refractivity contribution >= 4 is 26.8 Å². The van der Waals surface area contributed by atoms with Gasteiger partial charge in [0.05, 0.1) is 5.52 Å². The molecule has 0 spiro atoms. The molecule has 1 heterocycles. The lowest BCUT2D eigenvalue weighted by Gasteiger charge is -2.09. The van der Waals surface area contributed by atoms with Crippen molar-refractivity contribution in [3.8, 4) is 0 Å². The molecule has 16 heavy (non-hydrogen) atoms. The number of rotatable bonds is 2. The van der Waals surface area contributed by atoms with E-state index in [1.165, 1.54) is 11.1 Å². The van der Waals surface area contributed by atoms with Gasteiger partial charge >= 0.3 is 0 Å². The first-order valence-electron chi connectivity index (χ1n) is 5.59. The van der Waals surface area contributed by atoms with Crippen LogP contribution in [-0.4, -0.2) is 9.78 Å². The molecule has 84 valence electrons. The lowest BCUT2D eigenvalue weighted by atomic mass is 10.0. The summed E-state index contributed by atoms with van der Waals surface area (Å²) in [7, 11) is 0. The summed E-state index contributed by atoms with van der Waals surface area (Å²) in [5, 5.41) is 5.61. The van der Waals surface area contributed by atoms with E-state index in [1.54, 1.807) is 0 Å². The Morgan fingerprint density at radius 1 is 1.50 bits per heavy atom. The van der Waals surface area contributed by atoms with Crippen LogP contribution in [0.5, 0.6) is 0 Å². The van der Waals surface area contributed by atoms with E-state index in [4.69, 9.17) is 5.73 Å². The number of fused-ring (bicyclic) bond motifs is 1. The van der Waals surface area contributed by atoms with Gasteiger partial charge in [-0.05, 0) is 53.4 Å². The van der Waals surface area contributed by atoms with Crippen LogP contribution in [0.2, 0.25) is 0 Å². The monoisotopic (exact) mass is 279 g/mol. The van der Waals surface area contributed by atoms with Crippen LogP contribution in [0.25, 0.3) is 10.9 Å². The smallest absolute Gasteiger partial charge is 0.135 e. The summed E-state index contributed by atoms with van der Waals surface area (Å²) in [5.74, 6) is 0. The minimum Gasteiger partial charge on any atom is -0.321 e. The first-order valence-corrected chi connectivity index (χ1v) is 6.39. The predicted molar refractivity (Wildman–Crippen MR) is 68.2 cm³/mol. The average Bonchev–Trinajstić information content (AvgIpc) is 2.96. The van der Waals surface area contributed by atoms with Crippen molar-refractivity contribution in [2.75, 3.05) is 0 Å². The zero-order valence-electron chi connectivity index (χ0n) is 9.20. The van der Waals surface area contributed by atoms with Crippen molar-refractivity contribution < 1.29 is 0 Å². The summed E-state index contributed by atoms with van der Waals surface area (Å²) in [6.07, 6.45) is 2.19. The number of nitrogens with zero attached hydrogens (tertiary/aromatic N) is 2. The van der Waals surface area contributed by atoms with Crippen molar-refractivity contribution in [2.24, 2.45) is 5.73 Å². The number of hydrogen-bond donors (Lipinski definition) is 1. The third-order valence-electron chi connectivity index (χ3n) is 3.37. The van der Waals surface area contributed by atoms with Gasteiger partial charge in [0.2, 0.25) is 0 Å². The van der Waals surface area contributed by atoms with Gasteiger partial charge < -0.3 is 5.73 Å². The van der Waals surface area contributed by atoms with E-state index in [2.05, 4.69) is 46.2 Å². The van der Waals surface area contributed by atoms with E-state index in [-0.39, 0.29) is 5.54 Å². The molecular formula is C12H14BrN3. The second kappa shape index (κ2) is 3.31. The van der Waals surface area contributed by atoms with Crippen molar-refractivity contribution in [3.63, 3.8) is 0 Å². The topological polar surface area (TPSA) is 43.8 Å². The summed E-state index contributed by atoms with van der Waals surface area (Å²) >= 11 is 3.49. The molecule has 1 aromatic carbocycles. The normalized spacial score (nSPS) is 17.9. The molecule has 1 saturated carbocycles. The molecule has 3 nitrogen and oxygen atoms in total. The van der Waals surface area contributed by atoms with Crippen LogP contribution in [-0.2, 0) is 12.1 Å². The average molecular weight is 280 g/mol. The van der Waals surface area contributed by atoms with Crippen LogP contribution >= 0.6 is 15.9 Å². The van der Waals surface area contributed by atoms with Crippen LogP contribution in [0.15, 0.2) is 22.8 Å². The van der Waals surface area contributed by atoms with Crippen molar-refractivity contribution in [3.05, 3.63) is 28.4 Å². The fraction of sp³-hybridized carbons (Fsp3) is 0.417. The molecule has 2 N–H and O–H groups in total. The van der Waals surface area contributed by atoms with Gasteiger partial charge in [0.25, 0.3) is 0 Å². The first kappa shape index (κ1) is 10.3. The second-order valence-electron chi connectivity index (χ2n) is 4.49. The molecule has 0 saturated heterocycles. The van der Waals surface area contributed by atoms with Gasteiger partial charge in [-0.15, -0.1) is 0 Å². The summed E-state index contributed by atoms with van der Waals surface area (Å²) in [4.78, 5) is 0. The van der Waals surface area contributed by atoms with E-state index in [9.17, 15) is 0 Å². The lowest BCUT2D eigenvalue weighted by molar-refractivity contribution is 0.676. The quantitative estimate of drug-likeness (QED) is 0.919. The Morgan fingerprint density at radius 3 is 2.88 bits per heavy atom. The number of aryl methyl sites for hydroxylation is 1. The maximum Gasteiger partial charge on any atom is 0.135 e. The van der Waals surface area contributed by atoms with Gasteiger partial charge in [-0.1, -0.05) is 6.07 Å². The Balaban J connectivity index is 2.23. The number of halogens is 1. The van der Waals surface area contributed by atoms with Crippen LogP contribution in [0.3, 0.4) is 0 Å². The largest absolute Gasteiger partial charge is 0.321 e. The highest BCUT2D eigenvalue weighted by molar-refractivity contribution is 9.10. The van der Waals surface area contributed by atoms with Crippen LogP contribution in [0, 0.1) is 0 Å². The molecule has 4 heteroatoms. The molecule has 0 bridgehead atoms. The molecule has 1 aromatic heterocycles. The fourth-order valence-corrected chi connectivity index (χ4v) is 2.63. The molecule has 0 unspecified atom stereocenters. The molecule has 1 aliphatic carbocycles. The molecule has 0 radical (unpaired) electrons. The zero-order valence-corrected chi connectivity index (χ0v) is 10.8. The van der Waals surface area contributed by atoms with Gasteiger partial charge in [0.1, 0.15) is 4.60 Å².